The highest BCUT2D eigenvalue weighted by atomic mass is 16.3. The van der Waals surface area contributed by atoms with Crippen molar-refractivity contribution in [3.8, 4) is 0 Å². The lowest BCUT2D eigenvalue weighted by Crippen LogP contribution is -2.52. The molecule has 0 atom stereocenters. The van der Waals surface area contributed by atoms with Crippen molar-refractivity contribution in [1.29, 1.82) is 0 Å². The predicted molar refractivity (Wildman–Crippen MR) is 91.2 cm³/mol. The van der Waals surface area contributed by atoms with E-state index in [-0.39, 0.29) is 18.4 Å². The minimum Gasteiger partial charge on any atom is -0.397 e. The molecule has 2 rings (SSSR count). The summed E-state index contributed by atoms with van der Waals surface area (Å²) < 4.78 is 0. The molecule has 0 bridgehead atoms. The lowest BCUT2D eigenvalue weighted by Gasteiger charge is -2.38. The van der Waals surface area contributed by atoms with Crippen molar-refractivity contribution in [3.05, 3.63) is 24.0 Å². The van der Waals surface area contributed by atoms with Crippen molar-refractivity contribution in [2.24, 2.45) is 5.92 Å². The molecular formula is C17H26N4O3. The lowest BCUT2D eigenvalue weighted by molar-refractivity contribution is -0.136. The fourth-order valence-corrected chi connectivity index (χ4v) is 2.76. The molecule has 7 nitrogen and oxygen atoms in total. The molecule has 132 valence electrons. The second-order valence-electron chi connectivity index (χ2n) is 6.89. The van der Waals surface area contributed by atoms with Gasteiger partial charge in [0.25, 0.3) is 5.91 Å². The molecule has 0 unspecified atom stereocenters. The van der Waals surface area contributed by atoms with Gasteiger partial charge in [0.1, 0.15) is 0 Å². The van der Waals surface area contributed by atoms with Crippen molar-refractivity contribution >= 4 is 17.5 Å². The Kier molecular flexibility index (Phi) is 5.77. The molecular weight excluding hydrogens is 308 g/mol. The van der Waals surface area contributed by atoms with Gasteiger partial charge < -0.3 is 21.1 Å². The molecule has 0 aliphatic carbocycles. The van der Waals surface area contributed by atoms with E-state index in [0.717, 1.165) is 0 Å². The maximum absolute atomic E-state index is 12.1. The van der Waals surface area contributed by atoms with Gasteiger partial charge in [-0.15, -0.1) is 0 Å². The van der Waals surface area contributed by atoms with Crippen molar-refractivity contribution in [2.75, 3.05) is 25.4 Å². The van der Waals surface area contributed by atoms with Gasteiger partial charge in [0.15, 0.2) is 0 Å². The summed E-state index contributed by atoms with van der Waals surface area (Å²) in [5, 5.41) is 13.3. The molecule has 1 aliphatic rings. The molecule has 0 radical (unpaired) electrons. The summed E-state index contributed by atoms with van der Waals surface area (Å²) in [4.78, 5) is 29.8. The Balaban J connectivity index is 1.83. The zero-order valence-corrected chi connectivity index (χ0v) is 14.3. The number of rotatable bonds is 5. The van der Waals surface area contributed by atoms with Crippen LogP contribution in [0.5, 0.6) is 0 Å². The Bertz CT molecular complexity index is 595. The molecule has 1 aromatic heterocycles. The summed E-state index contributed by atoms with van der Waals surface area (Å²) in [6.45, 7) is 5.19. The zero-order valence-electron chi connectivity index (χ0n) is 14.3. The standard InChI is InChI=1S/C17H26N4O3/c1-12(2)7-15(22)21-5-3-17(24,4-6-21)11-20-16(23)13-8-14(18)10-19-9-13/h8-10,12,24H,3-7,11,18H2,1-2H3,(H,20,23). The van der Waals surface area contributed by atoms with Crippen LogP contribution >= 0.6 is 0 Å². The molecule has 24 heavy (non-hydrogen) atoms. The third kappa shape index (κ3) is 4.92. The average Bonchev–Trinajstić information content (AvgIpc) is 2.52. The fraction of sp³-hybridized carbons (Fsp3) is 0.588. The van der Waals surface area contributed by atoms with Crippen LogP contribution in [0.3, 0.4) is 0 Å². The second kappa shape index (κ2) is 7.61. The number of anilines is 1. The maximum Gasteiger partial charge on any atom is 0.253 e. The summed E-state index contributed by atoms with van der Waals surface area (Å²) in [5.41, 5.74) is 5.40. The highest BCUT2D eigenvalue weighted by molar-refractivity contribution is 5.94. The van der Waals surface area contributed by atoms with Crippen molar-refractivity contribution in [1.82, 2.24) is 15.2 Å². The maximum atomic E-state index is 12.1. The number of aliphatic hydroxyl groups is 1. The first kappa shape index (κ1) is 18.2. The molecule has 4 N–H and O–H groups in total. The Hall–Kier alpha value is -2.15. The molecule has 0 spiro atoms. The number of carbonyl (C=O) groups excluding carboxylic acids is 2. The number of pyridine rings is 1. The number of likely N-dealkylation sites (tertiary alicyclic amines) is 1. The molecule has 0 aromatic carbocycles. The Labute approximate surface area is 142 Å². The quantitative estimate of drug-likeness (QED) is 0.738. The van der Waals surface area contributed by atoms with Crippen LogP contribution in [0.25, 0.3) is 0 Å². The molecule has 2 amide bonds. The number of nitrogen functional groups attached to an aromatic ring is 1. The van der Waals surface area contributed by atoms with Gasteiger partial charge in [0.2, 0.25) is 5.91 Å². The Morgan fingerprint density at radius 3 is 2.62 bits per heavy atom. The highest BCUT2D eigenvalue weighted by Gasteiger charge is 2.34. The first-order chi connectivity index (χ1) is 11.3. The van der Waals surface area contributed by atoms with Gasteiger partial charge in [-0.05, 0) is 24.8 Å². The summed E-state index contributed by atoms with van der Waals surface area (Å²) in [7, 11) is 0. The number of nitrogens with one attached hydrogen (secondary N) is 1. The van der Waals surface area contributed by atoms with Crippen LogP contribution in [-0.4, -0.2) is 52.0 Å². The summed E-state index contributed by atoms with van der Waals surface area (Å²) in [6.07, 6.45) is 4.33. The van der Waals surface area contributed by atoms with Gasteiger partial charge in [0.05, 0.1) is 16.9 Å². The second-order valence-corrected chi connectivity index (χ2v) is 6.89. The van der Waals surface area contributed by atoms with Gasteiger partial charge in [-0.2, -0.15) is 0 Å². The Morgan fingerprint density at radius 2 is 2.04 bits per heavy atom. The largest absolute Gasteiger partial charge is 0.397 e. The van der Waals surface area contributed by atoms with E-state index in [0.29, 0.717) is 49.5 Å². The van der Waals surface area contributed by atoms with E-state index in [1.165, 1.54) is 12.4 Å². The Morgan fingerprint density at radius 1 is 1.38 bits per heavy atom. The number of nitrogens with two attached hydrogens (primary N) is 1. The molecule has 1 saturated heterocycles. The van der Waals surface area contributed by atoms with Gasteiger partial charge in [-0.3, -0.25) is 14.6 Å². The third-order valence-electron chi connectivity index (χ3n) is 4.23. The van der Waals surface area contributed by atoms with Gasteiger partial charge >= 0.3 is 0 Å². The minimum absolute atomic E-state index is 0.127. The van der Waals surface area contributed by atoms with E-state index in [2.05, 4.69) is 10.3 Å². The van der Waals surface area contributed by atoms with E-state index in [9.17, 15) is 14.7 Å². The number of hydrogen-bond acceptors (Lipinski definition) is 5. The van der Waals surface area contributed by atoms with E-state index < -0.39 is 5.60 Å². The predicted octanol–water partition coefficient (Wildman–Crippen LogP) is 0.793. The number of hydrogen-bond donors (Lipinski definition) is 3. The van der Waals surface area contributed by atoms with E-state index in [4.69, 9.17) is 5.73 Å². The van der Waals surface area contributed by atoms with Gasteiger partial charge in [0, 0.05) is 38.4 Å². The van der Waals surface area contributed by atoms with Crippen LogP contribution in [0, 0.1) is 5.92 Å². The first-order valence-electron chi connectivity index (χ1n) is 8.28. The lowest BCUT2D eigenvalue weighted by atomic mass is 9.91. The van der Waals surface area contributed by atoms with Gasteiger partial charge in [-0.1, -0.05) is 13.8 Å². The molecule has 1 fully saturated rings. The highest BCUT2D eigenvalue weighted by Crippen LogP contribution is 2.22. The SMILES string of the molecule is CC(C)CC(=O)N1CCC(O)(CNC(=O)c2cncc(N)c2)CC1. The normalized spacial score (nSPS) is 16.9. The molecule has 1 aromatic rings. The van der Waals surface area contributed by atoms with Crippen LogP contribution in [0.4, 0.5) is 5.69 Å². The number of amides is 2. The smallest absolute Gasteiger partial charge is 0.253 e. The monoisotopic (exact) mass is 334 g/mol. The molecule has 7 heteroatoms. The van der Waals surface area contributed by atoms with E-state index in [1.54, 1.807) is 11.0 Å². The number of nitrogens with zero attached hydrogens (tertiary/aromatic N) is 2. The number of piperidine rings is 1. The van der Waals surface area contributed by atoms with E-state index >= 15 is 0 Å². The molecule has 0 saturated carbocycles. The summed E-state index contributed by atoms with van der Waals surface area (Å²) in [6, 6.07) is 1.54. The minimum atomic E-state index is -0.988. The fourth-order valence-electron chi connectivity index (χ4n) is 2.76. The number of aromatic nitrogens is 1. The van der Waals surface area contributed by atoms with Crippen LogP contribution in [0.1, 0.15) is 43.5 Å². The van der Waals surface area contributed by atoms with Crippen LogP contribution in [0.2, 0.25) is 0 Å². The molecule has 1 aliphatic heterocycles. The van der Waals surface area contributed by atoms with E-state index in [1.807, 2.05) is 13.8 Å². The van der Waals surface area contributed by atoms with Crippen LogP contribution in [0.15, 0.2) is 18.5 Å². The van der Waals surface area contributed by atoms with Crippen molar-refractivity contribution in [2.45, 2.75) is 38.7 Å². The van der Waals surface area contributed by atoms with Crippen LogP contribution < -0.4 is 11.1 Å². The number of carbonyl (C=O) groups is 2. The van der Waals surface area contributed by atoms with Crippen molar-refractivity contribution < 1.29 is 14.7 Å². The zero-order chi connectivity index (χ0) is 17.7. The average molecular weight is 334 g/mol. The topological polar surface area (TPSA) is 109 Å². The van der Waals surface area contributed by atoms with Crippen molar-refractivity contribution in [3.63, 3.8) is 0 Å². The first-order valence-corrected chi connectivity index (χ1v) is 8.28. The molecule has 2 heterocycles. The van der Waals surface area contributed by atoms with Gasteiger partial charge in [-0.25, -0.2) is 0 Å². The van der Waals surface area contributed by atoms with Crippen LogP contribution in [-0.2, 0) is 4.79 Å². The summed E-state index contributed by atoms with van der Waals surface area (Å²) in [5.74, 6) is 0.132. The summed E-state index contributed by atoms with van der Waals surface area (Å²) >= 11 is 0. The third-order valence-corrected chi connectivity index (χ3v) is 4.23.